The highest BCUT2D eigenvalue weighted by molar-refractivity contribution is 9.09. The first-order valence-corrected chi connectivity index (χ1v) is 5.18. The molecule has 0 aliphatic heterocycles. The van der Waals surface area contributed by atoms with Crippen molar-refractivity contribution in [2.45, 2.75) is 32.6 Å². The SMILES string of the molecule is CC(=CC1CCCC1)CBr. The number of alkyl halides is 1. The van der Waals surface area contributed by atoms with Crippen molar-refractivity contribution in [1.82, 2.24) is 0 Å². The Balaban J connectivity index is 2.34. The Bertz CT molecular complexity index is 121. The number of hydrogen-bond acceptors (Lipinski definition) is 0. The summed E-state index contributed by atoms with van der Waals surface area (Å²) < 4.78 is 0. The van der Waals surface area contributed by atoms with E-state index in [1.54, 1.807) is 0 Å². The van der Waals surface area contributed by atoms with Gasteiger partial charge in [-0.05, 0) is 25.7 Å². The van der Waals surface area contributed by atoms with Gasteiger partial charge in [0.05, 0.1) is 0 Å². The predicted octanol–water partition coefficient (Wildman–Crippen LogP) is 3.52. The Labute approximate surface area is 71.8 Å². The van der Waals surface area contributed by atoms with Crippen LogP contribution in [-0.2, 0) is 0 Å². The van der Waals surface area contributed by atoms with Crippen molar-refractivity contribution in [3.8, 4) is 0 Å². The molecule has 0 aromatic carbocycles. The van der Waals surface area contributed by atoms with E-state index in [0.717, 1.165) is 11.2 Å². The van der Waals surface area contributed by atoms with Gasteiger partial charge in [-0.15, -0.1) is 0 Å². The summed E-state index contributed by atoms with van der Waals surface area (Å²) >= 11 is 3.45. The lowest BCUT2D eigenvalue weighted by Gasteiger charge is -2.02. The summed E-state index contributed by atoms with van der Waals surface area (Å²) in [5, 5.41) is 1.05. The summed E-state index contributed by atoms with van der Waals surface area (Å²) in [5.74, 6) is 0.901. The van der Waals surface area contributed by atoms with Gasteiger partial charge < -0.3 is 0 Å². The van der Waals surface area contributed by atoms with E-state index in [4.69, 9.17) is 0 Å². The molecule has 0 atom stereocenters. The average molecular weight is 203 g/mol. The molecule has 58 valence electrons. The minimum absolute atomic E-state index is 0.901. The molecule has 0 unspecified atom stereocenters. The quantitative estimate of drug-likeness (QED) is 0.475. The maximum atomic E-state index is 3.45. The van der Waals surface area contributed by atoms with Crippen LogP contribution in [0.3, 0.4) is 0 Å². The Hall–Kier alpha value is 0.220. The fourth-order valence-corrected chi connectivity index (χ4v) is 1.76. The van der Waals surface area contributed by atoms with Gasteiger partial charge in [-0.2, -0.15) is 0 Å². The van der Waals surface area contributed by atoms with Gasteiger partial charge in [0.15, 0.2) is 0 Å². The molecule has 0 aromatic heterocycles. The van der Waals surface area contributed by atoms with Gasteiger partial charge >= 0.3 is 0 Å². The van der Waals surface area contributed by atoms with Crippen LogP contribution in [-0.4, -0.2) is 5.33 Å². The summed E-state index contributed by atoms with van der Waals surface area (Å²) in [4.78, 5) is 0. The molecule has 0 radical (unpaired) electrons. The molecule has 0 heterocycles. The first-order chi connectivity index (χ1) is 4.83. The predicted molar refractivity (Wildman–Crippen MR) is 49.5 cm³/mol. The van der Waals surface area contributed by atoms with Crippen LogP contribution in [0, 0.1) is 5.92 Å². The molecule has 0 spiro atoms. The van der Waals surface area contributed by atoms with Crippen LogP contribution in [0.25, 0.3) is 0 Å². The van der Waals surface area contributed by atoms with Crippen LogP contribution in [0.5, 0.6) is 0 Å². The second-order valence-electron chi connectivity index (χ2n) is 3.19. The molecule has 1 saturated carbocycles. The molecule has 0 nitrogen and oxygen atoms in total. The number of allylic oxidation sites excluding steroid dienone is 2. The van der Waals surface area contributed by atoms with Gasteiger partial charge in [0.25, 0.3) is 0 Å². The second-order valence-corrected chi connectivity index (χ2v) is 3.75. The monoisotopic (exact) mass is 202 g/mol. The van der Waals surface area contributed by atoms with Crippen LogP contribution in [0.1, 0.15) is 32.6 Å². The van der Waals surface area contributed by atoms with Gasteiger partial charge in [-0.3, -0.25) is 0 Å². The molecule has 1 aliphatic rings. The third-order valence-corrected chi connectivity index (χ3v) is 3.02. The first-order valence-electron chi connectivity index (χ1n) is 4.06. The van der Waals surface area contributed by atoms with E-state index < -0.39 is 0 Å². The van der Waals surface area contributed by atoms with E-state index in [1.165, 1.54) is 31.3 Å². The fraction of sp³-hybridized carbons (Fsp3) is 0.778. The molecule has 0 N–H and O–H groups in total. The van der Waals surface area contributed by atoms with Crippen LogP contribution >= 0.6 is 15.9 Å². The smallest absolute Gasteiger partial charge is 0.0239 e. The first kappa shape index (κ1) is 8.32. The average Bonchev–Trinajstić information content (AvgIpc) is 2.40. The maximum absolute atomic E-state index is 3.45. The summed E-state index contributed by atoms with van der Waals surface area (Å²) in [6.45, 7) is 2.20. The highest BCUT2D eigenvalue weighted by atomic mass is 79.9. The van der Waals surface area contributed by atoms with E-state index in [9.17, 15) is 0 Å². The van der Waals surface area contributed by atoms with Gasteiger partial charge in [-0.25, -0.2) is 0 Å². The van der Waals surface area contributed by atoms with Crippen molar-refractivity contribution < 1.29 is 0 Å². The molecule has 0 saturated heterocycles. The summed E-state index contributed by atoms with van der Waals surface area (Å²) in [6.07, 6.45) is 8.16. The number of halogens is 1. The lowest BCUT2D eigenvalue weighted by Crippen LogP contribution is -1.89. The molecular formula is C9H15Br. The molecule has 0 bridgehead atoms. The van der Waals surface area contributed by atoms with Gasteiger partial charge in [-0.1, -0.05) is 40.4 Å². The molecule has 1 fully saturated rings. The Kier molecular flexibility index (Phi) is 3.47. The number of rotatable bonds is 2. The second kappa shape index (κ2) is 4.17. The largest absolute Gasteiger partial charge is 0.0880 e. The van der Waals surface area contributed by atoms with E-state index in [-0.39, 0.29) is 0 Å². The Morgan fingerprint density at radius 2 is 2.10 bits per heavy atom. The number of hydrogen-bond donors (Lipinski definition) is 0. The Morgan fingerprint density at radius 3 is 2.60 bits per heavy atom. The topological polar surface area (TPSA) is 0 Å². The maximum Gasteiger partial charge on any atom is 0.0239 e. The van der Waals surface area contributed by atoms with Crippen LogP contribution < -0.4 is 0 Å². The normalized spacial score (nSPS) is 22.0. The van der Waals surface area contributed by atoms with E-state index in [2.05, 4.69) is 28.9 Å². The molecule has 10 heavy (non-hydrogen) atoms. The summed E-state index contributed by atoms with van der Waals surface area (Å²) in [5.41, 5.74) is 1.49. The third-order valence-electron chi connectivity index (χ3n) is 2.13. The molecule has 1 heteroatoms. The highest BCUT2D eigenvalue weighted by Crippen LogP contribution is 2.26. The van der Waals surface area contributed by atoms with Crippen molar-refractivity contribution in [3.63, 3.8) is 0 Å². The van der Waals surface area contributed by atoms with Crippen LogP contribution in [0.2, 0.25) is 0 Å². The minimum atomic E-state index is 0.901. The minimum Gasteiger partial charge on any atom is -0.0880 e. The summed E-state index contributed by atoms with van der Waals surface area (Å²) in [6, 6.07) is 0. The van der Waals surface area contributed by atoms with Crippen molar-refractivity contribution in [2.75, 3.05) is 5.33 Å². The third kappa shape index (κ3) is 2.45. The lowest BCUT2D eigenvalue weighted by molar-refractivity contribution is 0.681. The molecule has 1 aliphatic carbocycles. The van der Waals surface area contributed by atoms with Crippen molar-refractivity contribution in [2.24, 2.45) is 5.92 Å². The zero-order valence-electron chi connectivity index (χ0n) is 6.57. The zero-order valence-corrected chi connectivity index (χ0v) is 8.15. The van der Waals surface area contributed by atoms with Gasteiger partial charge in [0.2, 0.25) is 0 Å². The molecule has 1 rings (SSSR count). The van der Waals surface area contributed by atoms with E-state index in [1.807, 2.05) is 0 Å². The fourth-order valence-electron chi connectivity index (χ4n) is 1.57. The standard InChI is InChI=1S/C9H15Br/c1-8(7-10)6-9-4-2-3-5-9/h6,9H,2-5,7H2,1H3. The molecule has 0 amide bonds. The van der Waals surface area contributed by atoms with Gasteiger partial charge in [0.1, 0.15) is 0 Å². The van der Waals surface area contributed by atoms with Crippen LogP contribution in [0.15, 0.2) is 11.6 Å². The van der Waals surface area contributed by atoms with Crippen LogP contribution in [0.4, 0.5) is 0 Å². The molecular weight excluding hydrogens is 188 g/mol. The van der Waals surface area contributed by atoms with E-state index >= 15 is 0 Å². The molecule has 0 aromatic rings. The van der Waals surface area contributed by atoms with Gasteiger partial charge in [0, 0.05) is 5.33 Å². The Morgan fingerprint density at radius 1 is 1.50 bits per heavy atom. The van der Waals surface area contributed by atoms with E-state index in [0.29, 0.717) is 0 Å². The van der Waals surface area contributed by atoms with Crippen molar-refractivity contribution in [1.29, 1.82) is 0 Å². The van der Waals surface area contributed by atoms with Crippen molar-refractivity contribution >= 4 is 15.9 Å². The lowest BCUT2D eigenvalue weighted by atomic mass is 10.1. The van der Waals surface area contributed by atoms with Crippen molar-refractivity contribution in [3.05, 3.63) is 11.6 Å². The highest BCUT2D eigenvalue weighted by Gasteiger charge is 2.11. The zero-order chi connectivity index (χ0) is 7.40. The summed E-state index contributed by atoms with van der Waals surface area (Å²) in [7, 11) is 0.